The van der Waals surface area contributed by atoms with Crippen molar-refractivity contribution in [2.24, 2.45) is 5.92 Å². The molecule has 1 aromatic carbocycles. The standard InChI is InChI=1S/C16H21N3O2/c1-3-15-17-13-8-12(16(20)21)4-5-14(13)19(15)10-11-6-7-18(2)9-11/h4-5,8,11H,3,6-7,9-10H2,1-2H3,(H,20,21). The lowest BCUT2D eigenvalue weighted by Crippen LogP contribution is -2.18. The topological polar surface area (TPSA) is 58.4 Å². The Morgan fingerprint density at radius 2 is 2.29 bits per heavy atom. The van der Waals surface area contributed by atoms with Gasteiger partial charge < -0.3 is 14.6 Å². The Bertz CT molecular complexity index is 677. The van der Waals surface area contributed by atoms with Gasteiger partial charge in [0.2, 0.25) is 0 Å². The Kier molecular flexibility index (Phi) is 3.68. The molecule has 0 amide bonds. The lowest BCUT2D eigenvalue weighted by molar-refractivity contribution is 0.0697. The molecule has 1 N–H and O–H groups in total. The Balaban J connectivity index is 1.98. The lowest BCUT2D eigenvalue weighted by atomic mass is 10.1. The fraction of sp³-hybridized carbons (Fsp3) is 0.500. The molecule has 21 heavy (non-hydrogen) atoms. The molecule has 1 unspecified atom stereocenters. The number of aromatic nitrogens is 2. The first kappa shape index (κ1) is 14.1. The van der Waals surface area contributed by atoms with E-state index in [2.05, 4.69) is 28.4 Å². The van der Waals surface area contributed by atoms with Gasteiger partial charge in [-0.2, -0.15) is 0 Å². The first-order valence-corrected chi connectivity index (χ1v) is 7.49. The van der Waals surface area contributed by atoms with Crippen LogP contribution in [0.25, 0.3) is 11.0 Å². The van der Waals surface area contributed by atoms with Gasteiger partial charge in [0.25, 0.3) is 0 Å². The van der Waals surface area contributed by atoms with E-state index in [0.29, 0.717) is 11.5 Å². The molecule has 1 aliphatic rings. The predicted octanol–water partition coefficient (Wildman–Crippen LogP) is 2.25. The van der Waals surface area contributed by atoms with E-state index in [1.807, 2.05) is 6.07 Å². The van der Waals surface area contributed by atoms with Gasteiger partial charge in [0, 0.05) is 19.5 Å². The normalized spacial score (nSPS) is 19.4. The van der Waals surface area contributed by atoms with E-state index in [-0.39, 0.29) is 0 Å². The molecule has 0 radical (unpaired) electrons. The number of aryl methyl sites for hydroxylation is 1. The van der Waals surface area contributed by atoms with Crippen molar-refractivity contribution in [3.8, 4) is 0 Å². The van der Waals surface area contributed by atoms with Crippen LogP contribution in [0.2, 0.25) is 0 Å². The molecular weight excluding hydrogens is 266 g/mol. The van der Waals surface area contributed by atoms with Crippen molar-refractivity contribution in [2.75, 3.05) is 20.1 Å². The van der Waals surface area contributed by atoms with Crippen molar-refractivity contribution < 1.29 is 9.90 Å². The number of hydrogen-bond acceptors (Lipinski definition) is 3. The zero-order valence-electron chi connectivity index (χ0n) is 12.5. The minimum Gasteiger partial charge on any atom is -0.478 e. The highest BCUT2D eigenvalue weighted by Crippen LogP contribution is 2.23. The fourth-order valence-electron chi connectivity index (χ4n) is 3.22. The molecule has 5 heteroatoms. The summed E-state index contributed by atoms with van der Waals surface area (Å²) < 4.78 is 2.27. The van der Waals surface area contributed by atoms with Gasteiger partial charge >= 0.3 is 5.97 Å². The van der Waals surface area contributed by atoms with Gasteiger partial charge in [-0.1, -0.05) is 6.92 Å². The highest BCUT2D eigenvalue weighted by molar-refractivity contribution is 5.92. The molecule has 1 fully saturated rings. The van der Waals surface area contributed by atoms with Gasteiger partial charge in [0.05, 0.1) is 16.6 Å². The van der Waals surface area contributed by atoms with Gasteiger partial charge in [-0.3, -0.25) is 0 Å². The SMILES string of the molecule is CCc1nc2cc(C(=O)O)ccc2n1CC1CCN(C)C1. The van der Waals surface area contributed by atoms with Crippen LogP contribution in [0.5, 0.6) is 0 Å². The van der Waals surface area contributed by atoms with Gasteiger partial charge in [0.15, 0.2) is 0 Å². The minimum atomic E-state index is -0.901. The highest BCUT2D eigenvalue weighted by Gasteiger charge is 2.22. The van der Waals surface area contributed by atoms with Crippen LogP contribution in [0.3, 0.4) is 0 Å². The number of likely N-dealkylation sites (tertiary alicyclic amines) is 1. The number of fused-ring (bicyclic) bond motifs is 1. The Morgan fingerprint density at radius 1 is 1.48 bits per heavy atom. The summed E-state index contributed by atoms with van der Waals surface area (Å²) in [6, 6.07) is 5.24. The summed E-state index contributed by atoms with van der Waals surface area (Å²) in [6.07, 6.45) is 2.08. The van der Waals surface area contributed by atoms with Crippen LogP contribution in [-0.2, 0) is 13.0 Å². The molecule has 0 bridgehead atoms. The van der Waals surface area contributed by atoms with Crippen molar-refractivity contribution in [1.82, 2.24) is 14.5 Å². The third-order valence-corrected chi connectivity index (χ3v) is 4.32. The quantitative estimate of drug-likeness (QED) is 0.937. The maximum absolute atomic E-state index is 11.1. The second-order valence-corrected chi connectivity index (χ2v) is 5.92. The first-order valence-electron chi connectivity index (χ1n) is 7.49. The van der Waals surface area contributed by atoms with E-state index in [9.17, 15) is 4.79 Å². The number of rotatable bonds is 4. The van der Waals surface area contributed by atoms with E-state index in [0.717, 1.165) is 42.9 Å². The van der Waals surface area contributed by atoms with Gasteiger partial charge in [0.1, 0.15) is 5.82 Å². The Morgan fingerprint density at radius 3 is 2.90 bits per heavy atom. The molecule has 2 aromatic rings. The molecule has 2 heterocycles. The third kappa shape index (κ3) is 2.65. The minimum absolute atomic E-state index is 0.301. The van der Waals surface area contributed by atoms with E-state index >= 15 is 0 Å². The van der Waals surface area contributed by atoms with E-state index in [1.165, 1.54) is 6.42 Å². The van der Waals surface area contributed by atoms with Crippen molar-refractivity contribution in [2.45, 2.75) is 26.3 Å². The van der Waals surface area contributed by atoms with E-state index < -0.39 is 5.97 Å². The second-order valence-electron chi connectivity index (χ2n) is 5.92. The summed E-state index contributed by atoms with van der Waals surface area (Å²) in [7, 11) is 2.16. The second kappa shape index (κ2) is 5.48. The number of imidazole rings is 1. The van der Waals surface area contributed by atoms with Crippen molar-refractivity contribution in [3.63, 3.8) is 0 Å². The van der Waals surface area contributed by atoms with E-state index in [1.54, 1.807) is 12.1 Å². The number of carboxylic acid groups (broad SMARTS) is 1. The van der Waals surface area contributed by atoms with Crippen LogP contribution in [-0.4, -0.2) is 45.7 Å². The number of carboxylic acids is 1. The molecule has 1 atom stereocenters. The van der Waals surface area contributed by atoms with E-state index in [4.69, 9.17) is 5.11 Å². The van der Waals surface area contributed by atoms with Crippen molar-refractivity contribution >= 4 is 17.0 Å². The molecule has 1 saturated heterocycles. The zero-order valence-corrected chi connectivity index (χ0v) is 12.5. The summed E-state index contributed by atoms with van der Waals surface area (Å²) in [5.74, 6) is 0.792. The fourth-order valence-corrected chi connectivity index (χ4v) is 3.22. The number of aromatic carboxylic acids is 1. The summed E-state index contributed by atoms with van der Waals surface area (Å²) >= 11 is 0. The monoisotopic (exact) mass is 287 g/mol. The molecule has 0 spiro atoms. The predicted molar refractivity (Wildman–Crippen MR) is 81.7 cm³/mol. The molecule has 3 rings (SSSR count). The van der Waals surface area contributed by atoms with Crippen LogP contribution in [0, 0.1) is 5.92 Å². The molecule has 1 aliphatic heterocycles. The maximum Gasteiger partial charge on any atom is 0.335 e. The van der Waals surface area contributed by atoms with Crippen LogP contribution in [0.1, 0.15) is 29.5 Å². The Hall–Kier alpha value is -1.88. The molecule has 0 saturated carbocycles. The summed E-state index contributed by atoms with van der Waals surface area (Å²) in [5, 5.41) is 9.10. The van der Waals surface area contributed by atoms with Gasteiger partial charge in [-0.25, -0.2) is 9.78 Å². The zero-order chi connectivity index (χ0) is 15.0. The maximum atomic E-state index is 11.1. The summed E-state index contributed by atoms with van der Waals surface area (Å²) in [6.45, 7) is 5.34. The number of benzene rings is 1. The van der Waals surface area contributed by atoms with Crippen molar-refractivity contribution in [1.29, 1.82) is 0 Å². The number of hydrogen-bond donors (Lipinski definition) is 1. The summed E-state index contributed by atoms with van der Waals surface area (Å²) in [5.41, 5.74) is 2.14. The third-order valence-electron chi connectivity index (χ3n) is 4.32. The lowest BCUT2D eigenvalue weighted by Gasteiger charge is -2.14. The average molecular weight is 287 g/mol. The van der Waals surface area contributed by atoms with Crippen LogP contribution < -0.4 is 0 Å². The van der Waals surface area contributed by atoms with Crippen LogP contribution in [0.15, 0.2) is 18.2 Å². The summed E-state index contributed by atoms with van der Waals surface area (Å²) in [4.78, 5) is 18.1. The Labute approximate surface area is 124 Å². The molecule has 1 aromatic heterocycles. The number of carbonyl (C=O) groups is 1. The number of nitrogens with zero attached hydrogens (tertiary/aromatic N) is 3. The average Bonchev–Trinajstić information content (AvgIpc) is 3.02. The van der Waals surface area contributed by atoms with Gasteiger partial charge in [-0.15, -0.1) is 0 Å². The first-order chi connectivity index (χ1) is 10.1. The molecule has 112 valence electrons. The van der Waals surface area contributed by atoms with Crippen LogP contribution in [0.4, 0.5) is 0 Å². The largest absolute Gasteiger partial charge is 0.478 e. The van der Waals surface area contributed by atoms with Gasteiger partial charge in [-0.05, 0) is 44.1 Å². The smallest absolute Gasteiger partial charge is 0.335 e. The van der Waals surface area contributed by atoms with Crippen LogP contribution >= 0.6 is 0 Å². The van der Waals surface area contributed by atoms with Crippen molar-refractivity contribution in [3.05, 3.63) is 29.6 Å². The highest BCUT2D eigenvalue weighted by atomic mass is 16.4. The molecule has 0 aliphatic carbocycles. The molecule has 5 nitrogen and oxygen atoms in total. The molecular formula is C16H21N3O2.